The molecule has 0 saturated carbocycles. The Morgan fingerprint density at radius 2 is 2.10 bits per heavy atom. The van der Waals surface area contributed by atoms with Crippen LogP contribution in [0.3, 0.4) is 0 Å². The minimum atomic E-state index is -4.14. The Hall–Kier alpha value is -1.59. The Kier molecular flexibility index (Phi) is 4.85. The molecule has 3 nitrogen and oxygen atoms in total. The summed E-state index contributed by atoms with van der Waals surface area (Å²) in [5, 5.41) is 0. The molecule has 1 atom stereocenters. The van der Waals surface area contributed by atoms with Crippen LogP contribution in [-0.2, 0) is 0 Å². The first-order valence-corrected chi connectivity index (χ1v) is 7.25. The van der Waals surface area contributed by atoms with Crippen LogP contribution in [0.2, 0.25) is 0 Å². The second-order valence-electron chi connectivity index (χ2n) is 5.44. The van der Waals surface area contributed by atoms with Crippen LogP contribution in [0.4, 0.5) is 24.5 Å². The number of alkyl halides is 3. The molecule has 2 rings (SSSR count). The van der Waals surface area contributed by atoms with Gasteiger partial charge in [0.1, 0.15) is 5.75 Å². The van der Waals surface area contributed by atoms with Crippen molar-refractivity contribution in [1.82, 2.24) is 0 Å². The quantitative estimate of drug-likeness (QED) is 0.859. The van der Waals surface area contributed by atoms with E-state index in [1.807, 2.05) is 6.92 Å². The predicted molar refractivity (Wildman–Crippen MR) is 77.6 cm³/mol. The molecule has 0 radical (unpaired) electrons. The summed E-state index contributed by atoms with van der Waals surface area (Å²) in [5.41, 5.74) is 7.04. The van der Waals surface area contributed by atoms with Crippen LogP contribution >= 0.6 is 0 Å². The smallest absolute Gasteiger partial charge is 0.393 e. The Morgan fingerprint density at radius 3 is 2.76 bits per heavy atom. The van der Waals surface area contributed by atoms with Gasteiger partial charge in [0.25, 0.3) is 0 Å². The molecule has 1 fully saturated rings. The first kappa shape index (κ1) is 15.8. The predicted octanol–water partition coefficient (Wildman–Crippen LogP) is 3.84. The van der Waals surface area contributed by atoms with Gasteiger partial charge >= 0.3 is 6.18 Å². The summed E-state index contributed by atoms with van der Waals surface area (Å²) >= 11 is 0. The highest BCUT2D eigenvalue weighted by Crippen LogP contribution is 2.36. The number of piperidine rings is 1. The molecule has 0 spiro atoms. The van der Waals surface area contributed by atoms with Crippen molar-refractivity contribution in [1.29, 1.82) is 0 Å². The topological polar surface area (TPSA) is 38.5 Å². The van der Waals surface area contributed by atoms with Gasteiger partial charge < -0.3 is 15.4 Å². The SMILES string of the molecule is CCCOc1cc(N)cc(N2CCCC(C(F)(F)F)C2)c1. The van der Waals surface area contributed by atoms with Gasteiger partial charge in [0.15, 0.2) is 0 Å². The van der Waals surface area contributed by atoms with Crippen LogP contribution in [0.1, 0.15) is 26.2 Å². The van der Waals surface area contributed by atoms with Gasteiger partial charge in [-0.3, -0.25) is 0 Å². The zero-order valence-corrected chi connectivity index (χ0v) is 12.1. The van der Waals surface area contributed by atoms with E-state index in [2.05, 4.69) is 0 Å². The summed E-state index contributed by atoms with van der Waals surface area (Å²) in [6.45, 7) is 3.16. The van der Waals surface area contributed by atoms with Gasteiger partial charge in [0.2, 0.25) is 0 Å². The lowest BCUT2D eigenvalue weighted by molar-refractivity contribution is -0.175. The molecule has 0 bridgehead atoms. The summed E-state index contributed by atoms with van der Waals surface area (Å²) in [5.74, 6) is -0.659. The van der Waals surface area contributed by atoms with Crippen LogP contribution < -0.4 is 15.4 Å². The third-order valence-electron chi connectivity index (χ3n) is 3.64. The molecule has 0 aromatic heterocycles. The zero-order chi connectivity index (χ0) is 15.5. The second kappa shape index (κ2) is 6.45. The number of halogens is 3. The average Bonchev–Trinajstić information content (AvgIpc) is 2.44. The minimum absolute atomic E-state index is 0.0137. The average molecular weight is 302 g/mol. The van der Waals surface area contributed by atoms with E-state index >= 15 is 0 Å². The van der Waals surface area contributed by atoms with Crippen molar-refractivity contribution in [2.75, 3.05) is 30.3 Å². The highest BCUT2D eigenvalue weighted by atomic mass is 19.4. The third-order valence-corrected chi connectivity index (χ3v) is 3.64. The Bertz CT molecular complexity index is 476. The first-order valence-electron chi connectivity index (χ1n) is 7.25. The lowest BCUT2D eigenvalue weighted by Gasteiger charge is -2.35. The summed E-state index contributed by atoms with van der Waals surface area (Å²) in [4.78, 5) is 1.75. The number of hydrogen-bond acceptors (Lipinski definition) is 3. The first-order chi connectivity index (χ1) is 9.90. The lowest BCUT2D eigenvalue weighted by atomic mass is 9.97. The monoisotopic (exact) mass is 302 g/mol. The molecule has 1 aliphatic heterocycles. The number of rotatable bonds is 4. The molecule has 118 valence electrons. The van der Waals surface area contributed by atoms with E-state index in [1.54, 1.807) is 23.1 Å². The molecule has 1 heterocycles. The summed E-state index contributed by atoms with van der Waals surface area (Å²) in [7, 11) is 0. The molecule has 1 aliphatic rings. The summed E-state index contributed by atoms with van der Waals surface area (Å²) < 4.78 is 44.2. The third kappa shape index (κ3) is 4.19. The lowest BCUT2D eigenvalue weighted by Crippen LogP contribution is -2.41. The number of hydrogen-bond donors (Lipinski definition) is 1. The number of nitrogen functional groups attached to an aromatic ring is 1. The number of ether oxygens (including phenoxy) is 1. The van der Waals surface area contributed by atoms with Crippen molar-refractivity contribution >= 4 is 11.4 Å². The number of nitrogens with two attached hydrogens (primary N) is 1. The van der Waals surface area contributed by atoms with Crippen LogP contribution in [0.5, 0.6) is 5.75 Å². The van der Waals surface area contributed by atoms with E-state index in [1.165, 1.54) is 0 Å². The van der Waals surface area contributed by atoms with E-state index in [0.717, 1.165) is 6.42 Å². The molecule has 1 aromatic carbocycles. The van der Waals surface area contributed by atoms with Gasteiger partial charge in [-0.2, -0.15) is 13.2 Å². The van der Waals surface area contributed by atoms with Crippen molar-refractivity contribution in [2.24, 2.45) is 5.92 Å². The number of nitrogens with zero attached hydrogens (tertiary/aromatic N) is 1. The van der Waals surface area contributed by atoms with Gasteiger partial charge in [-0.05, 0) is 25.3 Å². The second-order valence-corrected chi connectivity index (χ2v) is 5.44. The van der Waals surface area contributed by atoms with Crippen molar-refractivity contribution in [3.05, 3.63) is 18.2 Å². The number of anilines is 2. The highest BCUT2D eigenvalue weighted by molar-refractivity contribution is 5.60. The molecule has 2 N–H and O–H groups in total. The van der Waals surface area contributed by atoms with E-state index in [-0.39, 0.29) is 13.0 Å². The van der Waals surface area contributed by atoms with E-state index in [9.17, 15) is 13.2 Å². The molecule has 6 heteroatoms. The molecular formula is C15H21F3N2O. The fourth-order valence-corrected chi connectivity index (χ4v) is 2.57. The van der Waals surface area contributed by atoms with Crippen molar-refractivity contribution in [3.8, 4) is 5.75 Å². The Balaban J connectivity index is 2.15. The molecule has 1 aromatic rings. The van der Waals surface area contributed by atoms with Crippen LogP contribution in [-0.4, -0.2) is 25.9 Å². The van der Waals surface area contributed by atoms with Gasteiger partial charge in [-0.15, -0.1) is 0 Å². The van der Waals surface area contributed by atoms with Crippen LogP contribution in [0.25, 0.3) is 0 Å². The summed E-state index contributed by atoms with van der Waals surface area (Å²) in [6, 6.07) is 5.17. The normalized spacial score (nSPS) is 19.6. The maximum atomic E-state index is 12.9. The van der Waals surface area contributed by atoms with Crippen molar-refractivity contribution in [2.45, 2.75) is 32.4 Å². The largest absolute Gasteiger partial charge is 0.493 e. The van der Waals surface area contributed by atoms with E-state index in [0.29, 0.717) is 36.7 Å². The van der Waals surface area contributed by atoms with Crippen molar-refractivity contribution < 1.29 is 17.9 Å². The van der Waals surface area contributed by atoms with Crippen LogP contribution in [0, 0.1) is 5.92 Å². The molecular weight excluding hydrogens is 281 g/mol. The zero-order valence-electron chi connectivity index (χ0n) is 12.1. The van der Waals surface area contributed by atoms with Gasteiger partial charge in [-0.25, -0.2) is 0 Å². The molecule has 21 heavy (non-hydrogen) atoms. The van der Waals surface area contributed by atoms with Gasteiger partial charge in [0.05, 0.1) is 12.5 Å². The minimum Gasteiger partial charge on any atom is -0.493 e. The molecule has 0 aliphatic carbocycles. The van der Waals surface area contributed by atoms with Crippen molar-refractivity contribution in [3.63, 3.8) is 0 Å². The molecule has 0 amide bonds. The van der Waals surface area contributed by atoms with Gasteiger partial charge in [-0.1, -0.05) is 6.92 Å². The number of benzene rings is 1. The van der Waals surface area contributed by atoms with E-state index in [4.69, 9.17) is 10.5 Å². The standard InChI is InChI=1S/C15H21F3N2O/c1-2-6-21-14-8-12(19)7-13(9-14)20-5-3-4-11(10-20)15(16,17)18/h7-9,11H,2-6,10,19H2,1H3. The highest BCUT2D eigenvalue weighted by Gasteiger charge is 2.41. The summed E-state index contributed by atoms with van der Waals surface area (Å²) in [6.07, 6.45) is -2.55. The maximum absolute atomic E-state index is 12.9. The fraction of sp³-hybridized carbons (Fsp3) is 0.600. The maximum Gasteiger partial charge on any atom is 0.393 e. The fourth-order valence-electron chi connectivity index (χ4n) is 2.57. The Labute approximate surface area is 122 Å². The van der Waals surface area contributed by atoms with Gasteiger partial charge in [0, 0.05) is 36.6 Å². The molecule has 1 saturated heterocycles. The molecule has 1 unspecified atom stereocenters. The van der Waals surface area contributed by atoms with Crippen LogP contribution in [0.15, 0.2) is 18.2 Å². The Morgan fingerprint density at radius 1 is 1.33 bits per heavy atom. The van der Waals surface area contributed by atoms with E-state index < -0.39 is 12.1 Å².